The summed E-state index contributed by atoms with van der Waals surface area (Å²) in [6, 6.07) is 0. The van der Waals surface area contributed by atoms with Gasteiger partial charge in [-0.15, -0.1) is 12.4 Å². The van der Waals surface area contributed by atoms with Crippen LogP contribution < -0.4 is 0 Å². The van der Waals surface area contributed by atoms with Crippen LogP contribution in [0.2, 0.25) is 0 Å². The van der Waals surface area contributed by atoms with Crippen LogP contribution in [0.4, 0.5) is 4.53 Å². The van der Waals surface area contributed by atoms with Crippen LogP contribution in [0.3, 0.4) is 0 Å². The summed E-state index contributed by atoms with van der Waals surface area (Å²) in [7, 11) is 0.958. The van der Waals surface area contributed by atoms with Crippen molar-refractivity contribution in [2.24, 2.45) is 0 Å². The van der Waals surface area contributed by atoms with Crippen LogP contribution in [-0.2, 0) is 4.94 Å². The van der Waals surface area contributed by atoms with Crippen LogP contribution in [0.5, 0.6) is 0 Å². The van der Waals surface area contributed by atoms with Gasteiger partial charge < -0.3 is 0 Å². The zero-order chi connectivity index (χ0) is 2.71. The summed E-state index contributed by atoms with van der Waals surface area (Å²) in [5, 5.41) is 0. The molecular weight excluding hydrogens is 82.5 g/mol. The van der Waals surface area contributed by atoms with Gasteiger partial charge in [0.15, 0.2) is 0 Å². The van der Waals surface area contributed by atoms with E-state index in [1.54, 1.807) is 0 Å². The van der Waals surface area contributed by atoms with Gasteiger partial charge in [-0.1, -0.05) is 0 Å². The molecule has 0 heterocycles. The van der Waals surface area contributed by atoms with Gasteiger partial charge in [0.1, 0.15) is 0 Å². The molecule has 0 radical (unpaired) electrons. The second-order valence-corrected chi connectivity index (χ2v) is 0.154. The van der Waals surface area contributed by atoms with Crippen molar-refractivity contribution in [2.75, 3.05) is 7.11 Å². The second kappa shape index (κ2) is 10.9. The van der Waals surface area contributed by atoms with E-state index in [1.807, 2.05) is 0 Å². The van der Waals surface area contributed by atoms with Gasteiger partial charge in [0.2, 0.25) is 0 Å². The molecule has 4 heavy (non-hydrogen) atoms. The van der Waals surface area contributed by atoms with E-state index < -0.39 is 0 Å². The summed E-state index contributed by atoms with van der Waals surface area (Å²) in [6.07, 6.45) is 0. The molecular formula is CH4ClFO. The molecule has 0 aromatic heterocycles. The van der Waals surface area contributed by atoms with Gasteiger partial charge in [-0.2, -0.15) is 4.94 Å². The molecule has 0 spiro atoms. The van der Waals surface area contributed by atoms with E-state index in [9.17, 15) is 4.53 Å². The largest absolute Gasteiger partial charge is 0.198 e. The molecule has 0 amide bonds. The monoisotopic (exact) mass is 86.0 g/mol. The molecule has 0 aliphatic rings. The molecule has 0 aromatic rings. The first kappa shape index (κ1) is 8.89. The maximum atomic E-state index is 9.79. The fraction of sp³-hybridized carbons (Fsp3) is 1.00. The Morgan fingerprint density at radius 2 is 1.75 bits per heavy atom. The minimum atomic E-state index is 0. The number of hydrogen-bond acceptors (Lipinski definition) is 1. The Hall–Kier alpha value is 0.180. The second-order valence-electron chi connectivity index (χ2n) is 0.154. The predicted octanol–water partition coefficient (Wildman–Crippen LogP) is 0.939. The summed E-state index contributed by atoms with van der Waals surface area (Å²) >= 11 is 0. The van der Waals surface area contributed by atoms with Gasteiger partial charge >= 0.3 is 0 Å². The molecule has 1 nitrogen and oxygen atoms in total. The van der Waals surface area contributed by atoms with Crippen molar-refractivity contribution in [1.82, 2.24) is 0 Å². The highest BCUT2D eigenvalue weighted by Gasteiger charge is 1.33. The SMILES string of the molecule is COF.Cl. The zero-order valence-electron chi connectivity index (χ0n) is 2.19. The number of halogens is 2. The molecule has 0 unspecified atom stereocenters. The van der Waals surface area contributed by atoms with Crippen molar-refractivity contribution in [3.8, 4) is 0 Å². The van der Waals surface area contributed by atoms with Crippen molar-refractivity contribution in [2.45, 2.75) is 0 Å². The summed E-state index contributed by atoms with van der Waals surface area (Å²) in [5.74, 6) is 0. The molecule has 0 atom stereocenters. The Balaban J connectivity index is 0. The van der Waals surface area contributed by atoms with E-state index >= 15 is 0 Å². The third kappa shape index (κ3) is 93.7. The highest BCUT2D eigenvalue weighted by atomic mass is 35.5. The predicted molar refractivity (Wildman–Crippen MR) is 15.4 cm³/mol. The third-order valence-corrected chi connectivity index (χ3v) is 0. The molecule has 0 bridgehead atoms. The summed E-state index contributed by atoms with van der Waals surface area (Å²) < 4.78 is 9.79. The highest BCUT2D eigenvalue weighted by molar-refractivity contribution is 5.85. The highest BCUT2D eigenvalue weighted by Crippen LogP contribution is 1.48. The topological polar surface area (TPSA) is 9.23 Å². The Labute approximate surface area is 30.1 Å². The van der Waals surface area contributed by atoms with Crippen LogP contribution in [-0.4, -0.2) is 7.11 Å². The minimum Gasteiger partial charge on any atom is -0.198 e. The first-order valence-corrected chi connectivity index (χ1v) is 0.563. The maximum absolute atomic E-state index is 9.79. The van der Waals surface area contributed by atoms with Gasteiger partial charge in [0.05, 0.1) is 7.11 Å². The Morgan fingerprint density at radius 1 is 1.75 bits per heavy atom. The Morgan fingerprint density at radius 3 is 1.75 bits per heavy atom. The van der Waals surface area contributed by atoms with E-state index in [0.717, 1.165) is 7.11 Å². The molecule has 0 rings (SSSR count). The standard InChI is InChI=1S/CH3FO.ClH/c1-3-2;/h1H3;1H. The van der Waals surface area contributed by atoms with Crippen LogP contribution in [0.15, 0.2) is 0 Å². The summed E-state index contributed by atoms with van der Waals surface area (Å²) in [6.45, 7) is 0. The van der Waals surface area contributed by atoms with Crippen LogP contribution in [0.1, 0.15) is 0 Å². The van der Waals surface area contributed by atoms with Crippen molar-refractivity contribution >= 4 is 12.4 Å². The summed E-state index contributed by atoms with van der Waals surface area (Å²) in [4.78, 5) is 2.75. The van der Waals surface area contributed by atoms with Gasteiger partial charge in [-0.25, -0.2) is 0 Å². The van der Waals surface area contributed by atoms with Crippen LogP contribution in [0.25, 0.3) is 0 Å². The molecule has 0 aliphatic heterocycles. The van der Waals surface area contributed by atoms with E-state index in [1.165, 1.54) is 0 Å². The average Bonchev–Trinajstić information content (AvgIpc) is 0.918. The Kier molecular flexibility index (Phi) is 24.1. The van der Waals surface area contributed by atoms with Crippen molar-refractivity contribution in [1.29, 1.82) is 0 Å². The lowest BCUT2D eigenvalue weighted by Gasteiger charge is -1.51. The molecule has 0 fully saturated rings. The van der Waals surface area contributed by atoms with Crippen molar-refractivity contribution in [3.63, 3.8) is 0 Å². The lowest BCUT2D eigenvalue weighted by molar-refractivity contribution is -0.0960. The fourth-order valence-corrected chi connectivity index (χ4v) is 0. The van der Waals surface area contributed by atoms with Gasteiger partial charge in [-0.3, -0.25) is 0 Å². The molecule has 0 aromatic carbocycles. The average molecular weight is 86.5 g/mol. The molecule has 0 saturated heterocycles. The summed E-state index contributed by atoms with van der Waals surface area (Å²) in [5.41, 5.74) is 0. The van der Waals surface area contributed by atoms with Crippen molar-refractivity contribution in [3.05, 3.63) is 0 Å². The van der Waals surface area contributed by atoms with Crippen molar-refractivity contribution < 1.29 is 9.47 Å². The maximum Gasteiger partial charge on any atom is 0.0766 e. The molecule has 0 saturated carbocycles. The third-order valence-electron chi connectivity index (χ3n) is 0. The van der Waals surface area contributed by atoms with Gasteiger partial charge in [0, 0.05) is 0 Å². The van der Waals surface area contributed by atoms with Crippen LogP contribution in [0, 0.1) is 0 Å². The first-order chi connectivity index (χ1) is 1.41. The van der Waals surface area contributed by atoms with E-state index in [2.05, 4.69) is 4.94 Å². The molecule has 3 heteroatoms. The lowest BCUT2D eigenvalue weighted by Crippen LogP contribution is -1.43. The first-order valence-electron chi connectivity index (χ1n) is 0.563. The Bertz CT molecular complexity index is 8.00. The quantitative estimate of drug-likeness (QED) is 0.426. The molecule has 0 aliphatic carbocycles. The molecule has 28 valence electrons. The van der Waals surface area contributed by atoms with E-state index in [4.69, 9.17) is 0 Å². The number of hydrogen-bond donors (Lipinski definition) is 0. The smallest absolute Gasteiger partial charge is 0.0766 e. The van der Waals surface area contributed by atoms with E-state index in [0.29, 0.717) is 0 Å². The minimum absolute atomic E-state index is 0. The normalized spacial score (nSPS) is 4.50. The van der Waals surface area contributed by atoms with Gasteiger partial charge in [-0.05, 0) is 4.53 Å². The fourth-order valence-electron chi connectivity index (χ4n) is 0. The van der Waals surface area contributed by atoms with Crippen LogP contribution >= 0.6 is 12.4 Å². The lowest BCUT2D eigenvalue weighted by atomic mass is 11.8. The van der Waals surface area contributed by atoms with E-state index in [-0.39, 0.29) is 12.4 Å². The zero-order valence-corrected chi connectivity index (χ0v) is 3.01. The molecule has 0 N–H and O–H groups in total. The van der Waals surface area contributed by atoms with Gasteiger partial charge in [0.25, 0.3) is 0 Å². The number of rotatable bonds is 0.